The van der Waals surface area contributed by atoms with Crippen LogP contribution in [0.3, 0.4) is 0 Å². The molecule has 0 radical (unpaired) electrons. The summed E-state index contributed by atoms with van der Waals surface area (Å²) in [4.78, 5) is 0. The highest BCUT2D eigenvalue weighted by atomic mass is 19.1. The van der Waals surface area contributed by atoms with Crippen molar-refractivity contribution in [3.63, 3.8) is 0 Å². The van der Waals surface area contributed by atoms with E-state index in [-0.39, 0.29) is 11.9 Å². The fraction of sp³-hybridized carbons (Fsp3) is 0.400. The van der Waals surface area contributed by atoms with Crippen molar-refractivity contribution in [1.82, 2.24) is 5.32 Å². The van der Waals surface area contributed by atoms with E-state index in [0.29, 0.717) is 13.1 Å². The molecule has 0 bridgehead atoms. The van der Waals surface area contributed by atoms with Gasteiger partial charge in [0.25, 0.3) is 0 Å². The van der Waals surface area contributed by atoms with Gasteiger partial charge in [-0.3, -0.25) is 0 Å². The molecule has 3 heteroatoms. The molecule has 0 amide bonds. The van der Waals surface area contributed by atoms with Crippen molar-refractivity contribution in [2.24, 2.45) is 0 Å². The van der Waals surface area contributed by atoms with Crippen LogP contribution in [-0.2, 0) is 6.54 Å². The fourth-order valence-corrected chi connectivity index (χ4v) is 1.03. The van der Waals surface area contributed by atoms with E-state index in [2.05, 4.69) is 5.32 Å². The summed E-state index contributed by atoms with van der Waals surface area (Å²) >= 11 is 0. The molecule has 1 aromatic rings. The van der Waals surface area contributed by atoms with Gasteiger partial charge in [0.1, 0.15) is 5.82 Å². The number of nitrogens with one attached hydrogen (secondary N) is 1. The summed E-state index contributed by atoms with van der Waals surface area (Å²) in [6, 6.07) is 6.31. The van der Waals surface area contributed by atoms with Crippen LogP contribution in [0.5, 0.6) is 0 Å². The zero-order chi connectivity index (χ0) is 9.68. The first-order valence-corrected chi connectivity index (χ1v) is 4.31. The molecule has 1 aromatic carbocycles. The minimum absolute atomic E-state index is 0.223. The molecule has 13 heavy (non-hydrogen) atoms. The molecule has 72 valence electrons. The van der Waals surface area contributed by atoms with Gasteiger partial charge in [-0.1, -0.05) is 12.1 Å². The van der Waals surface area contributed by atoms with E-state index in [1.165, 1.54) is 12.1 Å². The van der Waals surface area contributed by atoms with Crippen LogP contribution in [0.2, 0.25) is 0 Å². The van der Waals surface area contributed by atoms with Crippen LogP contribution in [0, 0.1) is 5.82 Å². The monoisotopic (exact) mass is 183 g/mol. The van der Waals surface area contributed by atoms with Crippen molar-refractivity contribution in [3.05, 3.63) is 35.6 Å². The van der Waals surface area contributed by atoms with Gasteiger partial charge in [0.2, 0.25) is 0 Å². The summed E-state index contributed by atoms with van der Waals surface area (Å²) in [5, 5.41) is 12.0. The van der Waals surface area contributed by atoms with E-state index in [0.717, 1.165) is 5.56 Å². The molecule has 2 nitrogen and oxygen atoms in total. The Morgan fingerprint density at radius 1 is 1.38 bits per heavy atom. The van der Waals surface area contributed by atoms with Crippen LogP contribution in [0.4, 0.5) is 4.39 Å². The van der Waals surface area contributed by atoms with Crippen molar-refractivity contribution in [2.45, 2.75) is 19.6 Å². The molecule has 0 aromatic heterocycles. The fourth-order valence-electron chi connectivity index (χ4n) is 1.03. The number of benzene rings is 1. The predicted molar refractivity (Wildman–Crippen MR) is 49.8 cm³/mol. The Hall–Kier alpha value is -0.930. The molecule has 0 heterocycles. The van der Waals surface area contributed by atoms with Crippen molar-refractivity contribution in [1.29, 1.82) is 0 Å². The van der Waals surface area contributed by atoms with Gasteiger partial charge in [0.15, 0.2) is 0 Å². The lowest BCUT2D eigenvalue weighted by Gasteiger charge is -2.06. The third-order valence-corrected chi connectivity index (χ3v) is 1.68. The van der Waals surface area contributed by atoms with Crippen LogP contribution in [0.25, 0.3) is 0 Å². The summed E-state index contributed by atoms with van der Waals surface area (Å²) in [7, 11) is 0. The molecular formula is C10H14FNO. The van der Waals surface area contributed by atoms with Gasteiger partial charge in [-0.15, -0.1) is 0 Å². The van der Waals surface area contributed by atoms with Crippen molar-refractivity contribution in [3.8, 4) is 0 Å². The lowest BCUT2D eigenvalue weighted by atomic mass is 10.2. The van der Waals surface area contributed by atoms with Gasteiger partial charge in [-0.2, -0.15) is 0 Å². The molecule has 0 saturated carbocycles. The maximum atomic E-state index is 12.5. The minimum atomic E-state index is -0.347. The Morgan fingerprint density at radius 2 is 2.00 bits per heavy atom. The third-order valence-electron chi connectivity index (χ3n) is 1.68. The number of aliphatic hydroxyl groups is 1. The standard InChI is InChI=1S/C10H14FNO/c1-8(13)6-12-7-9-2-4-10(11)5-3-9/h2-5,8,12-13H,6-7H2,1H3/t8-/m0/s1. The van der Waals surface area contributed by atoms with E-state index in [4.69, 9.17) is 5.11 Å². The first-order chi connectivity index (χ1) is 6.18. The molecule has 1 rings (SSSR count). The van der Waals surface area contributed by atoms with Crippen molar-refractivity contribution >= 4 is 0 Å². The number of aliphatic hydroxyl groups excluding tert-OH is 1. The zero-order valence-corrected chi connectivity index (χ0v) is 7.63. The predicted octanol–water partition coefficient (Wildman–Crippen LogP) is 1.30. The Bertz CT molecular complexity index is 246. The second-order valence-electron chi connectivity index (χ2n) is 3.11. The van der Waals surface area contributed by atoms with Gasteiger partial charge in [0.05, 0.1) is 6.10 Å². The van der Waals surface area contributed by atoms with Gasteiger partial charge in [-0.05, 0) is 24.6 Å². The summed E-state index contributed by atoms with van der Waals surface area (Å²) in [5.41, 5.74) is 1.02. The first kappa shape index (κ1) is 10.2. The molecule has 0 aliphatic carbocycles. The number of hydrogen-bond acceptors (Lipinski definition) is 2. The molecular weight excluding hydrogens is 169 g/mol. The van der Waals surface area contributed by atoms with E-state index >= 15 is 0 Å². The topological polar surface area (TPSA) is 32.3 Å². The summed E-state index contributed by atoms with van der Waals surface area (Å²) in [6.07, 6.45) is -0.347. The average molecular weight is 183 g/mol. The average Bonchev–Trinajstić information content (AvgIpc) is 2.08. The molecule has 0 saturated heterocycles. The highest BCUT2D eigenvalue weighted by Gasteiger charge is 1.95. The second kappa shape index (κ2) is 4.94. The second-order valence-corrected chi connectivity index (χ2v) is 3.11. The van der Waals surface area contributed by atoms with Crippen molar-refractivity contribution < 1.29 is 9.50 Å². The largest absolute Gasteiger partial charge is 0.392 e. The maximum Gasteiger partial charge on any atom is 0.123 e. The number of hydrogen-bond donors (Lipinski definition) is 2. The molecule has 2 N–H and O–H groups in total. The summed E-state index contributed by atoms with van der Waals surface area (Å²) < 4.78 is 12.5. The van der Waals surface area contributed by atoms with Gasteiger partial charge >= 0.3 is 0 Å². The SMILES string of the molecule is C[C@H](O)CNCc1ccc(F)cc1. The molecule has 0 aliphatic heterocycles. The summed E-state index contributed by atoms with van der Waals surface area (Å²) in [6.45, 7) is 2.93. The van der Waals surface area contributed by atoms with E-state index in [9.17, 15) is 4.39 Å². The molecule has 0 unspecified atom stereocenters. The maximum absolute atomic E-state index is 12.5. The lowest BCUT2D eigenvalue weighted by molar-refractivity contribution is 0.191. The summed E-state index contributed by atoms with van der Waals surface area (Å²) in [5.74, 6) is -0.223. The van der Waals surface area contributed by atoms with Crippen LogP contribution in [0.1, 0.15) is 12.5 Å². The lowest BCUT2D eigenvalue weighted by Crippen LogP contribution is -2.23. The minimum Gasteiger partial charge on any atom is -0.392 e. The Kier molecular flexibility index (Phi) is 3.86. The van der Waals surface area contributed by atoms with Gasteiger partial charge < -0.3 is 10.4 Å². The van der Waals surface area contributed by atoms with Crippen LogP contribution in [-0.4, -0.2) is 17.8 Å². The quantitative estimate of drug-likeness (QED) is 0.737. The Labute approximate surface area is 77.4 Å². The molecule has 0 aliphatic rings. The highest BCUT2D eigenvalue weighted by Crippen LogP contribution is 2.01. The van der Waals surface area contributed by atoms with Gasteiger partial charge in [0, 0.05) is 13.1 Å². The normalized spacial score (nSPS) is 12.8. The van der Waals surface area contributed by atoms with E-state index in [1.54, 1.807) is 19.1 Å². The van der Waals surface area contributed by atoms with Crippen LogP contribution >= 0.6 is 0 Å². The third kappa shape index (κ3) is 4.01. The first-order valence-electron chi connectivity index (χ1n) is 4.31. The van der Waals surface area contributed by atoms with Crippen LogP contribution in [0.15, 0.2) is 24.3 Å². The number of rotatable bonds is 4. The highest BCUT2D eigenvalue weighted by molar-refractivity contribution is 5.15. The molecule has 0 fully saturated rings. The smallest absolute Gasteiger partial charge is 0.123 e. The van der Waals surface area contributed by atoms with Crippen molar-refractivity contribution in [2.75, 3.05) is 6.54 Å². The Balaban J connectivity index is 2.33. The van der Waals surface area contributed by atoms with Gasteiger partial charge in [-0.25, -0.2) is 4.39 Å². The Morgan fingerprint density at radius 3 is 2.54 bits per heavy atom. The van der Waals surface area contributed by atoms with Crippen LogP contribution < -0.4 is 5.32 Å². The van der Waals surface area contributed by atoms with E-state index in [1.807, 2.05) is 0 Å². The number of halogens is 1. The molecule has 1 atom stereocenters. The molecule has 0 spiro atoms. The zero-order valence-electron chi connectivity index (χ0n) is 7.63. The van der Waals surface area contributed by atoms with E-state index < -0.39 is 0 Å².